The number of rotatable bonds is 2. The molecule has 0 radical (unpaired) electrons. The lowest BCUT2D eigenvalue weighted by molar-refractivity contribution is 0.132. The molecule has 2 rings (SSSR count). The molecule has 82 valence electrons. The SMILES string of the molecule is Cc1ccc(O[C@@H]2CCCC[C@@H]2N)cc1. The quantitative estimate of drug-likeness (QED) is 0.805. The van der Waals surface area contributed by atoms with Crippen molar-refractivity contribution in [1.82, 2.24) is 0 Å². The van der Waals surface area contributed by atoms with Gasteiger partial charge in [0.15, 0.2) is 0 Å². The van der Waals surface area contributed by atoms with Gasteiger partial charge in [0, 0.05) is 6.04 Å². The van der Waals surface area contributed by atoms with Gasteiger partial charge in [0.2, 0.25) is 0 Å². The molecule has 1 aliphatic carbocycles. The minimum absolute atomic E-state index is 0.208. The van der Waals surface area contributed by atoms with Gasteiger partial charge in [-0.25, -0.2) is 0 Å². The fraction of sp³-hybridized carbons (Fsp3) is 0.538. The van der Waals surface area contributed by atoms with E-state index in [9.17, 15) is 0 Å². The summed E-state index contributed by atoms with van der Waals surface area (Å²) in [4.78, 5) is 0. The largest absolute Gasteiger partial charge is 0.489 e. The second-order valence-electron chi connectivity index (χ2n) is 4.42. The predicted octanol–water partition coefficient (Wildman–Crippen LogP) is 2.64. The van der Waals surface area contributed by atoms with Gasteiger partial charge in [-0.05, 0) is 38.3 Å². The Balaban J connectivity index is 1.98. The van der Waals surface area contributed by atoms with E-state index in [4.69, 9.17) is 10.5 Å². The van der Waals surface area contributed by atoms with Crippen LogP contribution in [0, 0.1) is 6.92 Å². The fourth-order valence-electron chi connectivity index (χ4n) is 2.06. The molecule has 2 N–H and O–H groups in total. The van der Waals surface area contributed by atoms with Crippen LogP contribution in [0.2, 0.25) is 0 Å². The molecule has 2 nitrogen and oxygen atoms in total. The van der Waals surface area contributed by atoms with Crippen LogP contribution in [-0.2, 0) is 0 Å². The zero-order valence-corrected chi connectivity index (χ0v) is 9.28. The molecule has 0 saturated heterocycles. The summed E-state index contributed by atoms with van der Waals surface area (Å²) in [5.74, 6) is 0.947. The first-order valence-corrected chi connectivity index (χ1v) is 5.74. The van der Waals surface area contributed by atoms with Crippen molar-refractivity contribution < 1.29 is 4.74 Å². The van der Waals surface area contributed by atoms with Crippen molar-refractivity contribution in [1.29, 1.82) is 0 Å². The molecule has 0 heterocycles. The molecule has 1 saturated carbocycles. The highest BCUT2D eigenvalue weighted by atomic mass is 16.5. The molecule has 1 aromatic rings. The maximum Gasteiger partial charge on any atom is 0.119 e. The summed E-state index contributed by atoms with van der Waals surface area (Å²) in [6, 6.07) is 8.40. The maximum absolute atomic E-state index is 6.03. The molecule has 2 atom stereocenters. The van der Waals surface area contributed by atoms with Crippen molar-refractivity contribution in [2.24, 2.45) is 5.73 Å². The van der Waals surface area contributed by atoms with Gasteiger partial charge >= 0.3 is 0 Å². The molecule has 1 aliphatic rings. The van der Waals surface area contributed by atoms with Crippen LogP contribution in [0.1, 0.15) is 31.2 Å². The molecule has 0 unspecified atom stereocenters. The zero-order chi connectivity index (χ0) is 10.7. The Hall–Kier alpha value is -1.02. The summed E-state index contributed by atoms with van der Waals surface area (Å²) >= 11 is 0. The number of nitrogens with two attached hydrogens (primary N) is 1. The van der Waals surface area contributed by atoms with Gasteiger partial charge in [-0.1, -0.05) is 24.1 Å². The van der Waals surface area contributed by atoms with Crippen molar-refractivity contribution in [2.45, 2.75) is 44.8 Å². The lowest BCUT2D eigenvalue weighted by Gasteiger charge is -2.29. The number of hydrogen-bond acceptors (Lipinski definition) is 2. The summed E-state index contributed by atoms with van der Waals surface area (Å²) in [6.45, 7) is 2.08. The molecule has 2 heteroatoms. The van der Waals surface area contributed by atoms with E-state index in [1.165, 1.54) is 18.4 Å². The maximum atomic E-state index is 6.03. The van der Waals surface area contributed by atoms with E-state index in [2.05, 4.69) is 19.1 Å². The first-order chi connectivity index (χ1) is 7.25. The van der Waals surface area contributed by atoms with Crippen molar-refractivity contribution in [3.63, 3.8) is 0 Å². The van der Waals surface area contributed by atoms with E-state index in [1.807, 2.05) is 12.1 Å². The van der Waals surface area contributed by atoms with Gasteiger partial charge in [0.05, 0.1) is 0 Å². The summed E-state index contributed by atoms with van der Waals surface area (Å²) in [6.07, 6.45) is 4.88. The highest BCUT2D eigenvalue weighted by Crippen LogP contribution is 2.22. The van der Waals surface area contributed by atoms with Crippen molar-refractivity contribution in [2.75, 3.05) is 0 Å². The molecule has 1 fully saturated rings. The lowest BCUT2D eigenvalue weighted by atomic mass is 9.93. The van der Waals surface area contributed by atoms with Crippen molar-refractivity contribution in [3.05, 3.63) is 29.8 Å². The standard InChI is InChI=1S/C13H19NO/c1-10-6-8-11(9-7-10)15-13-5-3-2-4-12(13)14/h6-9,12-13H,2-5,14H2,1H3/t12-,13+/m0/s1. The van der Waals surface area contributed by atoms with Crippen LogP contribution < -0.4 is 10.5 Å². The molecule has 0 amide bonds. The molecular formula is C13H19NO. The fourth-order valence-corrected chi connectivity index (χ4v) is 2.06. The Morgan fingerprint density at radius 1 is 1.13 bits per heavy atom. The zero-order valence-electron chi connectivity index (χ0n) is 9.28. The molecular weight excluding hydrogens is 186 g/mol. The Morgan fingerprint density at radius 2 is 1.80 bits per heavy atom. The van der Waals surface area contributed by atoms with E-state index < -0.39 is 0 Å². The number of benzene rings is 1. The van der Waals surface area contributed by atoms with Crippen LogP contribution in [0.25, 0.3) is 0 Å². The average Bonchev–Trinajstić information content (AvgIpc) is 2.25. The lowest BCUT2D eigenvalue weighted by Crippen LogP contribution is -2.41. The smallest absolute Gasteiger partial charge is 0.119 e. The molecule has 0 aromatic heterocycles. The third kappa shape index (κ3) is 2.72. The average molecular weight is 205 g/mol. The Labute approximate surface area is 91.4 Å². The molecule has 0 spiro atoms. The molecule has 15 heavy (non-hydrogen) atoms. The van der Waals surface area contributed by atoms with Crippen LogP contribution in [0.4, 0.5) is 0 Å². The topological polar surface area (TPSA) is 35.2 Å². The van der Waals surface area contributed by atoms with E-state index in [1.54, 1.807) is 0 Å². The second-order valence-corrected chi connectivity index (χ2v) is 4.42. The van der Waals surface area contributed by atoms with Crippen LogP contribution in [0.3, 0.4) is 0 Å². The summed E-state index contributed by atoms with van der Waals surface area (Å²) in [7, 11) is 0. The molecule has 0 bridgehead atoms. The van der Waals surface area contributed by atoms with Gasteiger partial charge in [-0.2, -0.15) is 0 Å². The first-order valence-electron chi connectivity index (χ1n) is 5.74. The summed E-state index contributed by atoms with van der Waals surface area (Å²) in [5, 5.41) is 0. The Kier molecular flexibility index (Phi) is 3.27. The molecule has 1 aromatic carbocycles. The number of ether oxygens (including phenoxy) is 1. The third-order valence-corrected chi connectivity index (χ3v) is 3.06. The van der Waals surface area contributed by atoms with Crippen molar-refractivity contribution >= 4 is 0 Å². The highest BCUT2D eigenvalue weighted by Gasteiger charge is 2.23. The Morgan fingerprint density at radius 3 is 2.47 bits per heavy atom. The second kappa shape index (κ2) is 4.67. The molecule has 0 aliphatic heterocycles. The first kappa shape index (κ1) is 10.5. The number of hydrogen-bond donors (Lipinski definition) is 1. The van der Waals surface area contributed by atoms with Crippen LogP contribution >= 0.6 is 0 Å². The van der Waals surface area contributed by atoms with Gasteiger partial charge in [-0.3, -0.25) is 0 Å². The van der Waals surface area contributed by atoms with Gasteiger partial charge in [0.1, 0.15) is 11.9 Å². The van der Waals surface area contributed by atoms with Gasteiger partial charge in [0.25, 0.3) is 0 Å². The van der Waals surface area contributed by atoms with Gasteiger partial charge < -0.3 is 10.5 Å². The minimum atomic E-state index is 0.208. The van der Waals surface area contributed by atoms with Crippen molar-refractivity contribution in [3.8, 4) is 5.75 Å². The van der Waals surface area contributed by atoms with E-state index in [0.717, 1.165) is 18.6 Å². The van der Waals surface area contributed by atoms with E-state index in [-0.39, 0.29) is 12.1 Å². The van der Waals surface area contributed by atoms with Crippen LogP contribution in [0.5, 0.6) is 5.75 Å². The highest BCUT2D eigenvalue weighted by molar-refractivity contribution is 5.26. The van der Waals surface area contributed by atoms with E-state index in [0.29, 0.717) is 0 Å². The van der Waals surface area contributed by atoms with Gasteiger partial charge in [-0.15, -0.1) is 0 Å². The predicted molar refractivity (Wildman–Crippen MR) is 62.0 cm³/mol. The normalized spacial score (nSPS) is 26.3. The monoisotopic (exact) mass is 205 g/mol. The van der Waals surface area contributed by atoms with Crippen LogP contribution in [-0.4, -0.2) is 12.1 Å². The third-order valence-electron chi connectivity index (χ3n) is 3.06. The van der Waals surface area contributed by atoms with E-state index >= 15 is 0 Å². The number of aryl methyl sites for hydroxylation is 1. The Bertz CT molecular complexity index is 307. The minimum Gasteiger partial charge on any atom is -0.489 e. The van der Waals surface area contributed by atoms with Crippen LogP contribution in [0.15, 0.2) is 24.3 Å². The summed E-state index contributed by atoms with van der Waals surface area (Å²) < 4.78 is 5.90. The summed E-state index contributed by atoms with van der Waals surface area (Å²) in [5.41, 5.74) is 7.29.